The number of carbonyl (C=O) groups excluding carboxylic acids is 3. The number of piperidine rings is 1. The zero-order valence-corrected chi connectivity index (χ0v) is 14.2. The third-order valence-corrected chi connectivity index (χ3v) is 4.75. The molecule has 0 bridgehead atoms. The molecule has 0 spiro atoms. The first-order chi connectivity index (χ1) is 12.1. The van der Waals surface area contributed by atoms with Crippen LogP contribution in [0.1, 0.15) is 23.2 Å². The molecular formula is C18H24N4O3. The third kappa shape index (κ3) is 4.36. The lowest BCUT2D eigenvalue weighted by Crippen LogP contribution is -2.58. The molecule has 0 aromatic heterocycles. The van der Waals surface area contributed by atoms with Crippen LogP contribution in [0.2, 0.25) is 0 Å². The summed E-state index contributed by atoms with van der Waals surface area (Å²) in [6.45, 7) is 3.07. The van der Waals surface area contributed by atoms with Gasteiger partial charge < -0.3 is 20.4 Å². The van der Waals surface area contributed by atoms with Crippen LogP contribution >= 0.6 is 0 Å². The van der Waals surface area contributed by atoms with Crippen molar-refractivity contribution in [3.63, 3.8) is 0 Å². The number of hydrogen-bond donors (Lipinski definition) is 2. The first-order valence-electron chi connectivity index (χ1n) is 8.76. The fourth-order valence-corrected chi connectivity index (χ4v) is 3.40. The van der Waals surface area contributed by atoms with Gasteiger partial charge in [0.05, 0.1) is 13.1 Å². The van der Waals surface area contributed by atoms with Crippen LogP contribution in [0, 0.1) is 0 Å². The van der Waals surface area contributed by atoms with Gasteiger partial charge >= 0.3 is 0 Å². The van der Waals surface area contributed by atoms with E-state index < -0.39 is 0 Å². The Hall–Kier alpha value is -2.41. The van der Waals surface area contributed by atoms with E-state index in [1.807, 2.05) is 11.0 Å². The van der Waals surface area contributed by atoms with Crippen molar-refractivity contribution in [2.45, 2.75) is 18.9 Å². The number of rotatable bonds is 4. The molecule has 2 saturated heterocycles. The molecule has 2 heterocycles. The van der Waals surface area contributed by atoms with E-state index >= 15 is 0 Å². The predicted octanol–water partition coefficient (Wildman–Crippen LogP) is -0.161. The molecule has 1 unspecified atom stereocenters. The second-order valence-corrected chi connectivity index (χ2v) is 6.45. The molecule has 0 saturated carbocycles. The van der Waals surface area contributed by atoms with Gasteiger partial charge in [-0.05, 0) is 25.0 Å². The normalized spacial score (nSPS) is 21.1. The Kier molecular flexibility index (Phi) is 5.65. The summed E-state index contributed by atoms with van der Waals surface area (Å²) in [4.78, 5) is 40.2. The highest BCUT2D eigenvalue weighted by Gasteiger charge is 2.31. The second-order valence-electron chi connectivity index (χ2n) is 6.45. The minimum Gasteiger partial charge on any atom is -0.343 e. The first kappa shape index (κ1) is 17.4. The topological polar surface area (TPSA) is 81.8 Å². The van der Waals surface area contributed by atoms with Gasteiger partial charge in [0.2, 0.25) is 11.8 Å². The third-order valence-electron chi connectivity index (χ3n) is 4.75. The number of amides is 3. The van der Waals surface area contributed by atoms with Crippen LogP contribution in [-0.4, -0.2) is 72.8 Å². The van der Waals surface area contributed by atoms with Crippen molar-refractivity contribution in [3.8, 4) is 0 Å². The van der Waals surface area contributed by atoms with Crippen LogP contribution in [0.3, 0.4) is 0 Å². The number of benzene rings is 1. The van der Waals surface area contributed by atoms with Gasteiger partial charge in [0, 0.05) is 37.8 Å². The molecule has 7 nitrogen and oxygen atoms in total. The monoisotopic (exact) mass is 344 g/mol. The Labute approximate surface area is 147 Å². The molecule has 2 aliphatic rings. The zero-order chi connectivity index (χ0) is 17.6. The average Bonchev–Trinajstić information content (AvgIpc) is 2.67. The van der Waals surface area contributed by atoms with E-state index in [1.165, 1.54) is 0 Å². The lowest BCUT2D eigenvalue weighted by Gasteiger charge is -2.41. The van der Waals surface area contributed by atoms with Gasteiger partial charge in [-0.15, -0.1) is 0 Å². The minimum absolute atomic E-state index is 0.0179. The Morgan fingerprint density at radius 2 is 2.00 bits per heavy atom. The van der Waals surface area contributed by atoms with Gasteiger partial charge in [-0.3, -0.25) is 14.4 Å². The van der Waals surface area contributed by atoms with E-state index in [9.17, 15) is 14.4 Å². The smallest absolute Gasteiger partial charge is 0.251 e. The molecule has 1 atom stereocenters. The predicted molar refractivity (Wildman–Crippen MR) is 93.0 cm³/mol. The van der Waals surface area contributed by atoms with Crippen molar-refractivity contribution in [1.29, 1.82) is 0 Å². The van der Waals surface area contributed by atoms with Gasteiger partial charge in [0.25, 0.3) is 5.91 Å². The molecule has 2 fully saturated rings. The molecular weight excluding hydrogens is 320 g/mol. The van der Waals surface area contributed by atoms with Gasteiger partial charge in [0.15, 0.2) is 0 Å². The molecule has 3 amide bonds. The van der Waals surface area contributed by atoms with Crippen LogP contribution in [0.25, 0.3) is 0 Å². The molecule has 134 valence electrons. The number of likely N-dealkylation sites (tertiary alicyclic amines) is 1. The van der Waals surface area contributed by atoms with E-state index in [0.717, 1.165) is 19.4 Å². The fraction of sp³-hybridized carbons (Fsp3) is 0.500. The highest BCUT2D eigenvalue weighted by atomic mass is 16.2. The molecule has 3 rings (SSSR count). The molecule has 2 aliphatic heterocycles. The van der Waals surface area contributed by atoms with E-state index in [4.69, 9.17) is 0 Å². The van der Waals surface area contributed by atoms with Gasteiger partial charge in [-0.1, -0.05) is 18.2 Å². The molecule has 7 heteroatoms. The highest BCUT2D eigenvalue weighted by Crippen LogP contribution is 2.17. The summed E-state index contributed by atoms with van der Waals surface area (Å²) in [5.74, 6) is -0.251. The van der Waals surface area contributed by atoms with Crippen LogP contribution < -0.4 is 10.6 Å². The zero-order valence-electron chi connectivity index (χ0n) is 14.2. The first-order valence-corrected chi connectivity index (χ1v) is 8.76. The van der Waals surface area contributed by atoms with Crippen LogP contribution in [0.5, 0.6) is 0 Å². The van der Waals surface area contributed by atoms with Crippen molar-refractivity contribution in [1.82, 2.24) is 20.4 Å². The summed E-state index contributed by atoms with van der Waals surface area (Å²) in [5.41, 5.74) is 0.540. The van der Waals surface area contributed by atoms with Crippen LogP contribution in [0.15, 0.2) is 30.3 Å². The van der Waals surface area contributed by atoms with Gasteiger partial charge in [-0.2, -0.15) is 0 Å². The number of carbonyl (C=O) groups is 3. The van der Waals surface area contributed by atoms with E-state index in [0.29, 0.717) is 31.7 Å². The summed E-state index contributed by atoms with van der Waals surface area (Å²) in [5, 5.41) is 5.75. The lowest BCUT2D eigenvalue weighted by molar-refractivity contribution is -0.140. The summed E-state index contributed by atoms with van der Waals surface area (Å²) < 4.78 is 0. The fourth-order valence-electron chi connectivity index (χ4n) is 3.40. The Balaban J connectivity index is 1.51. The summed E-state index contributed by atoms with van der Waals surface area (Å²) in [7, 11) is 0. The van der Waals surface area contributed by atoms with E-state index in [1.54, 1.807) is 29.2 Å². The van der Waals surface area contributed by atoms with Gasteiger partial charge in [0.1, 0.15) is 0 Å². The second kappa shape index (κ2) is 8.11. The van der Waals surface area contributed by atoms with E-state index in [2.05, 4.69) is 10.6 Å². The van der Waals surface area contributed by atoms with Crippen molar-refractivity contribution in [3.05, 3.63) is 35.9 Å². The highest BCUT2D eigenvalue weighted by molar-refractivity contribution is 5.96. The number of nitrogens with zero attached hydrogens (tertiary/aromatic N) is 2. The van der Waals surface area contributed by atoms with Crippen LogP contribution in [-0.2, 0) is 9.59 Å². The minimum atomic E-state index is -0.250. The molecule has 1 aromatic rings. The quantitative estimate of drug-likeness (QED) is 0.795. The maximum Gasteiger partial charge on any atom is 0.251 e. The van der Waals surface area contributed by atoms with Crippen LogP contribution in [0.4, 0.5) is 0 Å². The van der Waals surface area contributed by atoms with E-state index in [-0.39, 0.29) is 30.3 Å². The lowest BCUT2D eigenvalue weighted by atomic mass is 10.0. The largest absolute Gasteiger partial charge is 0.343 e. The van der Waals surface area contributed by atoms with Crippen molar-refractivity contribution in [2.75, 3.05) is 39.3 Å². The SMILES string of the molecule is O=C(NCC(=O)N1CCCC(N2CCNCC2=O)C1)c1ccccc1. The van der Waals surface area contributed by atoms with Crippen molar-refractivity contribution in [2.24, 2.45) is 0 Å². The van der Waals surface area contributed by atoms with Crippen molar-refractivity contribution >= 4 is 17.7 Å². The number of hydrogen-bond acceptors (Lipinski definition) is 4. The summed E-state index contributed by atoms with van der Waals surface area (Å²) in [6.07, 6.45) is 1.80. The maximum atomic E-state index is 12.4. The Bertz CT molecular complexity index is 634. The maximum absolute atomic E-state index is 12.4. The molecule has 0 aliphatic carbocycles. The van der Waals surface area contributed by atoms with Gasteiger partial charge in [-0.25, -0.2) is 0 Å². The Morgan fingerprint density at radius 1 is 1.20 bits per heavy atom. The summed E-state index contributed by atoms with van der Waals surface area (Å²) in [6, 6.07) is 8.93. The molecule has 0 radical (unpaired) electrons. The Morgan fingerprint density at radius 3 is 2.76 bits per heavy atom. The molecule has 1 aromatic carbocycles. The molecule has 25 heavy (non-hydrogen) atoms. The van der Waals surface area contributed by atoms with Crippen molar-refractivity contribution < 1.29 is 14.4 Å². The number of nitrogens with one attached hydrogen (secondary N) is 2. The standard InChI is InChI=1S/C18H24N4O3/c23-16(12-20-18(25)14-5-2-1-3-6-14)21-9-4-7-15(13-21)22-10-8-19-11-17(22)24/h1-3,5-6,15,19H,4,7-13H2,(H,20,25). The summed E-state index contributed by atoms with van der Waals surface area (Å²) >= 11 is 0. The average molecular weight is 344 g/mol. The number of piperazine rings is 1. The molecule has 2 N–H and O–H groups in total.